The first-order valence-corrected chi connectivity index (χ1v) is 5.51. The minimum absolute atomic E-state index is 0.694. The highest BCUT2D eigenvalue weighted by atomic mass is 35.5. The molecule has 2 heterocycles. The van der Waals surface area contributed by atoms with E-state index in [2.05, 4.69) is 11.4 Å². The molecule has 1 aliphatic rings. The molecule has 1 aromatic heterocycles. The number of hydrogen-bond donors (Lipinski definition) is 1. The molecule has 1 nitrogen and oxygen atoms in total. The highest BCUT2D eigenvalue weighted by Crippen LogP contribution is 2.23. The van der Waals surface area contributed by atoms with Crippen molar-refractivity contribution in [3.05, 3.63) is 21.3 Å². The van der Waals surface area contributed by atoms with Crippen molar-refractivity contribution in [3.63, 3.8) is 0 Å². The first-order valence-electron chi connectivity index (χ1n) is 4.32. The van der Waals surface area contributed by atoms with E-state index in [0.717, 1.165) is 10.8 Å². The molecule has 66 valence electrons. The van der Waals surface area contributed by atoms with E-state index in [1.54, 1.807) is 11.3 Å². The summed E-state index contributed by atoms with van der Waals surface area (Å²) in [6.45, 7) is 1.18. The lowest BCUT2D eigenvalue weighted by molar-refractivity contribution is 0.608. The number of thiophene rings is 1. The molecule has 0 aromatic carbocycles. The van der Waals surface area contributed by atoms with Crippen LogP contribution in [0.4, 0.5) is 0 Å². The second kappa shape index (κ2) is 3.77. The number of nitrogens with one attached hydrogen (secondary N) is 1. The van der Waals surface area contributed by atoms with Gasteiger partial charge in [-0.25, -0.2) is 0 Å². The summed E-state index contributed by atoms with van der Waals surface area (Å²) in [7, 11) is 0. The lowest BCUT2D eigenvalue weighted by Crippen LogP contribution is -2.23. The van der Waals surface area contributed by atoms with Crippen LogP contribution in [-0.2, 0) is 6.42 Å². The van der Waals surface area contributed by atoms with Gasteiger partial charge in [0.25, 0.3) is 0 Å². The zero-order chi connectivity index (χ0) is 8.39. The average Bonchev–Trinajstić information content (AvgIpc) is 2.63. The van der Waals surface area contributed by atoms with E-state index in [1.807, 2.05) is 6.07 Å². The fourth-order valence-electron chi connectivity index (χ4n) is 1.64. The Morgan fingerprint density at radius 2 is 2.50 bits per heavy atom. The first-order chi connectivity index (χ1) is 5.84. The van der Waals surface area contributed by atoms with Gasteiger partial charge in [-0.3, -0.25) is 0 Å². The van der Waals surface area contributed by atoms with Gasteiger partial charge in [-0.05, 0) is 37.9 Å². The molecule has 0 spiro atoms. The second-order valence-electron chi connectivity index (χ2n) is 3.20. The Bertz CT molecular complexity index is 253. The molecule has 1 N–H and O–H groups in total. The van der Waals surface area contributed by atoms with Crippen LogP contribution in [-0.4, -0.2) is 12.6 Å². The van der Waals surface area contributed by atoms with Crippen LogP contribution in [0.15, 0.2) is 12.1 Å². The van der Waals surface area contributed by atoms with Crippen LogP contribution in [0.3, 0.4) is 0 Å². The molecule has 2 rings (SSSR count). The molecule has 3 heteroatoms. The third-order valence-electron chi connectivity index (χ3n) is 2.24. The minimum Gasteiger partial charge on any atom is -0.314 e. The van der Waals surface area contributed by atoms with Crippen LogP contribution < -0.4 is 5.32 Å². The Hall–Kier alpha value is -0.0500. The van der Waals surface area contributed by atoms with Gasteiger partial charge in [-0.1, -0.05) is 11.6 Å². The highest BCUT2D eigenvalue weighted by Gasteiger charge is 2.14. The van der Waals surface area contributed by atoms with Gasteiger partial charge in [0, 0.05) is 10.9 Å². The third kappa shape index (κ3) is 2.00. The van der Waals surface area contributed by atoms with Crippen LogP contribution in [0.2, 0.25) is 4.34 Å². The second-order valence-corrected chi connectivity index (χ2v) is 5.00. The van der Waals surface area contributed by atoms with Gasteiger partial charge in [0.05, 0.1) is 4.34 Å². The van der Waals surface area contributed by atoms with Crippen molar-refractivity contribution in [2.45, 2.75) is 25.3 Å². The molecule has 1 atom stereocenters. The predicted molar refractivity (Wildman–Crippen MR) is 54.1 cm³/mol. The largest absolute Gasteiger partial charge is 0.314 e. The lowest BCUT2D eigenvalue weighted by Gasteiger charge is -2.06. The fraction of sp³-hybridized carbons (Fsp3) is 0.556. The number of rotatable bonds is 2. The van der Waals surface area contributed by atoms with E-state index >= 15 is 0 Å². The predicted octanol–water partition coefficient (Wildman–Crippen LogP) is 2.70. The van der Waals surface area contributed by atoms with Gasteiger partial charge in [0.2, 0.25) is 0 Å². The molecule has 1 aromatic rings. The Morgan fingerprint density at radius 1 is 1.58 bits per heavy atom. The van der Waals surface area contributed by atoms with Crippen LogP contribution >= 0.6 is 22.9 Å². The molecule has 0 aliphatic carbocycles. The van der Waals surface area contributed by atoms with Crippen molar-refractivity contribution in [1.29, 1.82) is 0 Å². The summed E-state index contributed by atoms with van der Waals surface area (Å²) in [5.74, 6) is 0. The van der Waals surface area contributed by atoms with E-state index in [4.69, 9.17) is 11.6 Å². The summed E-state index contributed by atoms with van der Waals surface area (Å²) in [5.41, 5.74) is 0. The summed E-state index contributed by atoms with van der Waals surface area (Å²) in [5, 5.41) is 3.48. The zero-order valence-corrected chi connectivity index (χ0v) is 8.42. The fourth-order valence-corrected chi connectivity index (χ4v) is 2.80. The smallest absolute Gasteiger partial charge is 0.0931 e. The quantitative estimate of drug-likeness (QED) is 0.776. The lowest BCUT2D eigenvalue weighted by atomic mass is 10.1. The van der Waals surface area contributed by atoms with Crippen molar-refractivity contribution in [3.8, 4) is 0 Å². The van der Waals surface area contributed by atoms with Gasteiger partial charge in [0.15, 0.2) is 0 Å². The highest BCUT2D eigenvalue weighted by molar-refractivity contribution is 7.16. The maximum atomic E-state index is 5.84. The van der Waals surface area contributed by atoms with Gasteiger partial charge < -0.3 is 5.32 Å². The van der Waals surface area contributed by atoms with Crippen LogP contribution in [0.1, 0.15) is 17.7 Å². The summed E-state index contributed by atoms with van der Waals surface area (Å²) in [6.07, 6.45) is 3.79. The molecule has 0 amide bonds. The van der Waals surface area contributed by atoms with Gasteiger partial charge >= 0.3 is 0 Å². The molecule has 1 unspecified atom stereocenters. The molecular formula is C9H12ClNS. The van der Waals surface area contributed by atoms with E-state index < -0.39 is 0 Å². The van der Waals surface area contributed by atoms with Crippen molar-refractivity contribution < 1.29 is 0 Å². The molecule has 1 fully saturated rings. The molecule has 1 aliphatic heterocycles. The van der Waals surface area contributed by atoms with E-state index in [-0.39, 0.29) is 0 Å². The molecule has 0 radical (unpaired) electrons. The molecular weight excluding hydrogens is 190 g/mol. The van der Waals surface area contributed by atoms with E-state index in [9.17, 15) is 0 Å². The van der Waals surface area contributed by atoms with Crippen LogP contribution in [0.25, 0.3) is 0 Å². The normalized spacial score (nSPS) is 23.2. The molecule has 0 saturated carbocycles. The van der Waals surface area contributed by atoms with Gasteiger partial charge in [-0.15, -0.1) is 11.3 Å². The number of halogens is 1. The Labute approximate surface area is 81.7 Å². The Kier molecular flexibility index (Phi) is 2.69. The van der Waals surface area contributed by atoms with Gasteiger partial charge in [0.1, 0.15) is 0 Å². The molecule has 0 bridgehead atoms. The first kappa shape index (κ1) is 8.54. The third-order valence-corrected chi connectivity index (χ3v) is 3.49. The van der Waals surface area contributed by atoms with Crippen molar-refractivity contribution in [2.75, 3.05) is 6.54 Å². The molecule has 1 saturated heterocycles. The SMILES string of the molecule is Clc1ccc(CC2CCCN2)s1. The summed E-state index contributed by atoms with van der Waals surface area (Å²) < 4.78 is 0.906. The van der Waals surface area contributed by atoms with Crippen molar-refractivity contribution in [2.24, 2.45) is 0 Å². The van der Waals surface area contributed by atoms with Crippen LogP contribution in [0, 0.1) is 0 Å². The van der Waals surface area contributed by atoms with Crippen molar-refractivity contribution in [1.82, 2.24) is 5.32 Å². The Morgan fingerprint density at radius 3 is 3.08 bits per heavy atom. The maximum Gasteiger partial charge on any atom is 0.0931 e. The summed E-state index contributed by atoms with van der Waals surface area (Å²) in [4.78, 5) is 1.40. The van der Waals surface area contributed by atoms with Crippen LogP contribution in [0.5, 0.6) is 0 Å². The zero-order valence-electron chi connectivity index (χ0n) is 6.85. The topological polar surface area (TPSA) is 12.0 Å². The van der Waals surface area contributed by atoms with E-state index in [0.29, 0.717) is 6.04 Å². The summed E-state index contributed by atoms with van der Waals surface area (Å²) >= 11 is 7.54. The average molecular weight is 202 g/mol. The standard InChI is InChI=1S/C9H12ClNS/c10-9-4-3-8(12-9)6-7-2-1-5-11-7/h3-4,7,11H,1-2,5-6H2. The maximum absolute atomic E-state index is 5.84. The summed E-state index contributed by atoms with van der Waals surface area (Å²) in [6, 6.07) is 4.81. The van der Waals surface area contributed by atoms with Crippen molar-refractivity contribution >= 4 is 22.9 Å². The number of hydrogen-bond acceptors (Lipinski definition) is 2. The minimum atomic E-state index is 0.694. The van der Waals surface area contributed by atoms with E-state index in [1.165, 1.54) is 24.3 Å². The monoisotopic (exact) mass is 201 g/mol. The molecule has 12 heavy (non-hydrogen) atoms. The Balaban J connectivity index is 1.94. The van der Waals surface area contributed by atoms with Gasteiger partial charge in [-0.2, -0.15) is 0 Å².